The van der Waals surface area contributed by atoms with E-state index in [0.29, 0.717) is 0 Å². The molecule has 2 aromatic rings. The minimum Gasteiger partial charge on any atom is -0.343 e. The van der Waals surface area contributed by atoms with E-state index in [1.165, 1.54) is 55.2 Å². The Morgan fingerprint density at radius 2 is 2.17 bits per heavy atom. The van der Waals surface area contributed by atoms with Crippen LogP contribution in [0.1, 0.15) is 50.3 Å². The topological polar surface area (TPSA) is 41.6 Å². The van der Waals surface area contributed by atoms with E-state index >= 15 is 0 Å². The van der Waals surface area contributed by atoms with Crippen molar-refractivity contribution in [1.29, 1.82) is 0 Å². The molecule has 0 spiro atoms. The number of nitrogens with one attached hydrogen (secondary N) is 1. The van der Waals surface area contributed by atoms with Crippen LogP contribution in [0.4, 0.5) is 0 Å². The van der Waals surface area contributed by atoms with Crippen molar-refractivity contribution in [3.63, 3.8) is 0 Å². The molecule has 2 heterocycles. The van der Waals surface area contributed by atoms with E-state index in [1.807, 2.05) is 6.20 Å². The second kappa shape index (κ2) is 5.09. The molecule has 0 bridgehead atoms. The van der Waals surface area contributed by atoms with Gasteiger partial charge in [-0.1, -0.05) is 32.6 Å². The van der Waals surface area contributed by atoms with Crippen molar-refractivity contribution < 1.29 is 0 Å². The summed E-state index contributed by atoms with van der Waals surface area (Å²) >= 11 is 0. The number of hydrogen-bond donors (Lipinski definition) is 1. The highest BCUT2D eigenvalue weighted by Gasteiger charge is 2.17. The third-order valence-electron chi connectivity index (χ3n) is 4.30. The highest BCUT2D eigenvalue weighted by atomic mass is 14.9. The Hall–Kier alpha value is -1.38. The number of fused-ring (bicyclic) bond motifs is 1. The zero-order chi connectivity index (χ0) is 12.4. The Labute approximate surface area is 108 Å². The summed E-state index contributed by atoms with van der Waals surface area (Å²) in [5.41, 5.74) is 3.81. The largest absolute Gasteiger partial charge is 0.343 e. The molecule has 3 heteroatoms. The maximum atomic E-state index is 4.32. The Morgan fingerprint density at radius 1 is 1.33 bits per heavy atom. The summed E-state index contributed by atoms with van der Waals surface area (Å²) in [4.78, 5) is 11.9. The van der Waals surface area contributed by atoms with Gasteiger partial charge in [0.05, 0.1) is 0 Å². The van der Waals surface area contributed by atoms with Crippen LogP contribution < -0.4 is 0 Å². The molecule has 0 radical (unpaired) electrons. The van der Waals surface area contributed by atoms with E-state index in [-0.39, 0.29) is 0 Å². The fraction of sp³-hybridized carbons (Fsp3) is 0.600. The smallest absolute Gasteiger partial charge is 0.141 e. The van der Waals surface area contributed by atoms with Gasteiger partial charge in [0.15, 0.2) is 0 Å². The van der Waals surface area contributed by atoms with Gasteiger partial charge in [0.25, 0.3) is 0 Å². The summed E-state index contributed by atoms with van der Waals surface area (Å²) in [6.45, 7) is 2.21. The molecular formula is C15H21N3. The fourth-order valence-corrected chi connectivity index (χ4v) is 3.27. The molecule has 1 aliphatic carbocycles. The second-order valence-corrected chi connectivity index (χ2v) is 5.41. The van der Waals surface area contributed by atoms with Crippen molar-refractivity contribution in [2.45, 2.75) is 51.9 Å². The van der Waals surface area contributed by atoms with Crippen LogP contribution >= 0.6 is 0 Å². The molecule has 1 aliphatic rings. The first kappa shape index (κ1) is 11.7. The third-order valence-corrected chi connectivity index (χ3v) is 4.30. The van der Waals surface area contributed by atoms with Crippen LogP contribution in [0.5, 0.6) is 0 Å². The number of rotatable bonds is 4. The van der Waals surface area contributed by atoms with Crippen molar-refractivity contribution >= 4 is 11.0 Å². The first-order valence-corrected chi connectivity index (χ1v) is 7.18. The van der Waals surface area contributed by atoms with Crippen LogP contribution in [0.15, 0.2) is 12.5 Å². The molecule has 0 amide bonds. The van der Waals surface area contributed by atoms with Gasteiger partial charge in [0, 0.05) is 17.3 Å². The van der Waals surface area contributed by atoms with E-state index in [4.69, 9.17) is 0 Å². The Morgan fingerprint density at radius 3 is 2.94 bits per heavy atom. The fourth-order valence-electron chi connectivity index (χ4n) is 3.27. The van der Waals surface area contributed by atoms with E-state index < -0.39 is 0 Å². The van der Waals surface area contributed by atoms with Gasteiger partial charge in [0.2, 0.25) is 0 Å². The molecule has 0 saturated heterocycles. The highest BCUT2D eigenvalue weighted by molar-refractivity contribution is 5.80. The van der Waals surface area contributed by atoms with Crippen LogP contribution in [-0.4, -0.2) is 15.0 Å². The summed E-state index contributed by atoms with van der Waals surface area (Å²) in [5.74, 6) is 0.948. The van der Waals surface area contributed by atoms with Crippen LogP contribution in [0.25, 0.3) is 11.0 Å². The molecule has 1 N–H and O–H groups in total. The summed E-state index contributed by atoms with van der Waals surface area (Å²) in [5, 5.41) is 1.23. The van der Waals surface area contributed by atoms with Crippen molar-refractivity contribution in [2.75, 3.05) is 0 Å². The first-order chi connectivity index (χ1) is 8.88. The summed E-state index contributed by atoms with van der Waals surface area (Å²) in [6, 6.07) is 0. The zero-order valence-electron chi connectivity index (χ0n) is 11.1. The number of hydrogen-bond acceptors (Lipinski definition) is 2. The van der Waals surface area contributed by atoms with Crippen molar-refractivity contribution in [2.24, 2.45) is 5.92 Å². The Kier molecular flexibility index (Phi) is 3.31. The number of aromatic amines is 1. The van der Waals surface area contributed by atoms with E-state index in [1.54, 1.807) is 6.33 Å². The lowest BCUT2D eigenvalue weighted by atomic mass is 9.97. The van der Waals surface area contributed by atoms with Gasteiger partial charge in [-0.25, -0.2) is 9.97 Å². The predicted octanol–water partition coefficient (Wildman–Crippen LogP) is 3.64. The van der Waals surface area contributed by atoms with Gasteiger partial charge in [-0.15, -0.1) is 0 Å². The standard InChI is InChI=1S/C15H21N3/c1-2-14-12(8-7-11-5-3-4-6-11)13-9-16-10-17-15(13)18-14/h9-11H,2-8H2,1H3,(H,16,17,18). The minimum absolute atomic E-state index is 0.948. The van der Waals surface area contributed by atoms with E-state index in [9.17, 15) is 0 Å². The lowest BCUT2D eigenvalue weighted by Crippen LogP contribution is -1.98. The molecule has 2 aromatic heterocycles. The van der Waals surface area contributed by atoms with Crippen LogP contribution in [-0.2, 0) is 12.8 Å². The van der Waals surface area contributed by atoms with Gasteiger partial charge in [-0.2, -0.15) is 0 Å². The van der Waals surface area contributed by atoms with Gasteiger partial charge in [-0.3, -0.25) is 0 Å². The Bertz CT molecular complexity index is 524. The molecule has 1 saturated carbocycles. The van der Waals surface area contributed by atoms with Crippen molar-refractivity contribution in [3.8, 4) is 0 Å². The van der Waals surface area contributed by atoms with Crippen molar-refractivity contribution in [1.82, 2.24) is 15.0 Å². The average molecular weight is 243 g/mol. The maximum Gasteiger partial charge on any atom is 0.141 e. The first-order valence-electron chi connectivity index (χ1n) is 7.18. The van der Waals surface area contributed by atoms with Gasteiger partial charge < -0.3 is 4.98 Å². The number of aryl methyl sites for hydroxylation is 2. The van der Waals surface area contributed by atoms with E-state index in [0.717, 1.165) is 18.0 Å². The minimum atomic E-state index is 0.948. The SMILES string of the molecule is CCc1[nH]c2ncncc2c1CCC1CCCC1. The average Bonchev–Trinajstić information content (AvgIpc) is 3.03. The number of H-pyrrole nitrogens is 1. The zero-order valence-corrected chi connectivity index (χ0v) is 11.1. The molecule has 0 aliphatic heterocycles. The normalized spacial score (nSPS) is 16.7. The third kappa shape index (κ3) is 2.14. The molecule has 0 atom stereocenters. The summed E-state index contributed by atoms with van der Waals surface area (Å²) < 4.78 is 0. The molecule has 18 heavy (non-hydrogen) atoms. The highest BCUT2D eigenvalue weighted by Crippen LogP contribution is 2.30. The molecule has 96 valence electrons. The molecule has 3 rings (SSSR count). The quantitative estimate of drug-likeness (QED) is 0.890. The number of nitrogens with zero attached hydrogens (tertiary/aromatic N) is 2. The Balaban J connectivity index is 1.84. The van der Waals surface area contributed by atoms with Crippen molar-refractivity contribution in [3.05, 3.63) is 23.8 Å². The van der Waals surface area contributed by atoms with Crippen LogP contribution in [0.2, 0.25) is 0 Å². The molecule has 0 aromatic carbocycles. The lowest BCUT2D eigenvalue weighted by molar-refractivity contribution is 0.504. The van der Waals surface area contributed by atoms with Crippen LogP contribution in [0.3, 0.4) is 0 Å². The monoisotopic (exact) mass is 243 g/mol. The molecule has 1 fully saturated rings. The summed E-state index contributed by atoms with van der Waals surface area (Å²) in [7, 11) is 0. The molecule has 0 unspecified atom stereocenters. The lowest BCUT2D eigenvalue weighted by Gasteiger charge is -2.09. The molecular weight excluding hydrogens is 222 g/mol. The van der Waals surface area contributed by atoms with E-state index in [2.05, 4.69) is 21.9 Å². The maximum absolute atomic E-state index is 4.32. The summed E-state index contributed by atoms with van der Waals surface area (Å²) in [6.07, 6.45) is 12.9. The second-order valence-electron chi connectivity index (χ2n) is 5.41. The molecule has 3 nitrogen and oxygen atoms in total. The van der Waals surface area contributed by atoms with Gasteiger partial charge in [0.1, 0.15) is 12.0 Å². The van der Waals surface area contributed by atoms with Gasteiger partial charge >= 0.3 is 0 Å². The predicted molar refractivity (Wildman–Crippen MR) is 73.5 cm³/mol. The number of aromatic nitrogens is 3. The van der Waals surface area contributed by atoms with Crippen LogP contribution in [0, 0.1) is 5.92 Å². The van der Waals surface area contributed by atoms with Gasteiger partial charge in [-0.05, 0) is 30.7 Å².